The van der Waals surface area contributed by atoms with Gasteiger partial charge < -0.3 is 5.32 Å². The molecule has 0 unspecified atom stereocenters. The normalized spacial score (nSPS) is 10.5. The molecule has 0 saturated heterocycles. The first-order chi connectivity index (χ1) is 8.86. The summed E-state index contributed by atoms with van der Waals surface area (Å²) in [6, 6.07) is 12.4. The van der Waals surface area contributed by atoms with Crippen molar-refractivity contribution in [2.75, 3.05) is 12.4 Å². The molecular formula is C15H13N3. The maximum atomic E-state index is 4.30. The maximum absolute atomic E-state index is 4.30. The lowest BCUT2D eigenvalue weighted by atomic mass is 10.0. The SMILES string of the molecule is CNc1cc2cc(-c3cccnc3)ccc2cn1. The minimum Gasteiger partial charge on any atom is -0.373 e. The number of nitrogens with one attached hydrogen (secondary N) is 1. The average Bonchev–Trinajstić information content (AvgIpc) is 2.47. The molecule has 1 N–H and O–H groups in total. The molecule has 0 bridgehead atoms. The highest BCUT2D eigenvalue weighted by molar-refractivity contribution is 5.88. The van der Waals surface area contributed by atoms with E-state index in [1.165, 1.54) is 10.9 Å². The average molecular weight is 235 g/mol. The van der Waals surface area contributed by atoms with Crippen molar-refractivity contribution in [2.24, 2.45) is 0 Å². The van der Waals surface area contributed by atoms with Crippen LogP contribution in [-0.2, 0) is 0 Å². The highest BCUT2D eigenvalue weighted by Gasteiger charge is 2.01. The molecule has 0 spiro atoms. The molecule has 0 saturated carbocycles. The Kier molecular flexibility index (Phi) is 2.65. The first-order valence-electron chi connectivity index (χ1n) is 5.85. The van der Waals surface area contributed by atoms with Crippen molar-refractivity contribution in [3.8, 4) is 11.1 Å². The van der Waals surface area contributed by atoms with Gasteiger partial charge in [0.25, 0.3) is 0 Å². The van der Waals surface area contributed by atoms with Crippen molar-refractivity contribution < 1.29 is 0 Å². The largest absolute Gasteiger partial charge is 0.373 e. The summed E-state index contributed by atoms with van der Waals surface area (Å²) in [6.45, 7) is 0. The predicted octanol–water partition coefficient (Wildman–Crippen LogP) is 3.34. The molecule has 2 aromatic heterocycles. The summed E-state index contributed by atoms with van der Waals surface area (Å²) in [5, 5.41) is 5.37. The molecular weight excluding hydrogens is 222 g/mol. The second kappa shape index (κ2) is 4.45. The molecule has 2 heterocycles. The molecule has 0 atom stereocenters. The highest BCUT2D eigenvalue weighted by atomic mass is 14.9. The van der Waals surface area contributed by atoms with Gasteiger partial charge in [-0.2, -0.15) is 0 Å². The van der Waals surface area contributed by atoms with Crippen LogP contribution in [0.3, 0.4) is 0 Å². The Morgan fingerprint density at radius 1 is 0.944 bits per heavy atom. The second-order valence-electron chi connectivity index (χ2n) is 4.12. The van der Waals surface area contributed by atoms with Crippen LogP contribution >= 0.6 is 0 Å². The molecule has 0 aliphatic rings. The van der Waals surface area contributed by atoms with Crippen molar-refractivity contribution in [3.05, 3.63) is 55.0 Å². The van der Waals surface area contributed by atoms with Crippen molar-refractivity contribution >= 4 is 16.6 Å². The van der Waals surface area contributed by atoms with E-state index in [-0.39, 0.29) is 0 Å². The summed E-state index contributed by atoms with van der Waals surface area (Å²) in [5.74, 6) is 0.880. The van der Waals surface area contributed by atoms with Crippen LogP contribution in [0.4, 0.5) is 5.82 Å². The van der Waals surface area contributed by atoms with Gasteiger partial charge in [0.2, 0.25) is 0 Å². The molecule has 3 rings (SSSR count). The topological polar surface area (TPSA) is 37.8 Å². The third kappa shape index (κ3) is 1.91. The van der Waals surface area contributed by atoms with Crippen molar-refractivity contribution in [1.82, 2.24) is 9.97 Å². The van der Waals surface area contributed by atoms with Gasteiger partial charge in [-0.3, -0.25) is 4.98 Å². The smallest absolute Gasteiger partial charge is 0.126 e. The molecule has 3 nitrogen and oxygen atoms in total. The molecule has 0 fully saturated rings. The fraction of sp³-hybridized carbons (Fsp3) is 0.0667. The van der Waals surface area contributed by atoms with E-state index in [0.717, 1.165) is 16.8 Å². The molecule has 0 aliphatic carbocycles. The quantitative estimate of drug-likeness (QED) is 0.740. The van der Waals surface area contributed by atoms with Gasteiger partial charge in [0.15, 0.2) is 0 Å². The van der Waals surface area contributed by atoms with Crippen molar-refractivity contribution in [2.45, 2.75) is 0 Å². The lowest BCUT2D eigenvalue weighted by Gasteiger charge is -2.05. The summed E-state index contributed by atoms with van der Waals surface area (Å²) < 4.78 is 0. The van der Waals surface area contributed by atoms with Crippen LogP contribution in [0.25, 0.3) is 21.9 Å². The zero-order valence-electron chi connectivity index (χ0n) is 10.1. The summed E-state index contributed by atoms with van der Waals surface area (Å²) in [7, 11) is 1.87. The number of hydrogen-bond donors (Lipinski definition) is 1. The summed E-state index contributed by atoms with van der Waals surface area (Å²) in [6.07, 6.45) is 5.54. The third-order valence-corrected chi connectivity index (χ3v) is 2.97. The van der Waals surface area contributed by atoms with E-state index >= 15 is 0 Å². The van der Waals surface area contributed by atoms with E-state index in [9.17, 15) is 0 Å². The number of hydrogen-bond acceptors (Lipinski definition) is 3. The zero-order chi connectivity index (χ0) is 12.4. The Balaban J connectivity index is 2.15. The van der Waals surface area contributed by atoms with Crippen molar-refractivity contribution in [1.29, 1.82) is 0 Å². The van der Waals surface area contributed by atoms with Gasteiger partial charge >= 0.3 is 0 Å². The first-order valence-corrected chi connectivity index (χ1v) is 5.85. The summed E-state index contributed by atoms with van der Waals surface area (Å²) in [4.78, 5) is 8.45. The van der Waals surface area contributed by atoms with Crippen LogP contribution in [0.1, 0.15) is 0 Å². The molecule has 88 valence electrons. The Labute approximate surface area is 106 Å². The van der Waals surface area contributed by atoms with Gasteiger partial charge in [0, 0.05) is 36.6 Å². The van der Waals surface area contributed by atoms with Gasteiger partial charge in [0.1, 0.15) is 5.82 Å². The fourth-order valence-corrected chi connectivity index (χ4v) is 1.99. The van der Waals surface area contributed by atoms with Crippen LogP contribution in [0.2, 0.25) is 0 Å². The minimum absolute atomic E-state index is 0.880. The van der Waals surface area contributed by atoms with Crippen molar-refractivity contribution in [3.63, 3.8) is 0 Å². The maximum Gasteiger partial charge on any atom is 0.126 e. The highest BCUT2D eigenvalue weighted by Crippen LogP contribution is 2.24. The number of anilines is 1. The third-order valence-electron chi connectivity index (χ3n) is 2.97. The number of nitrogens with zero attached hydrogens (tertiary/aromatic N) is 2. The minimum atomic E-state index is 0.880. The van der Waals surface area contributed by atoms with E-state index < -0.39 is 0 Å². The number of benzene rings is 1. The van der Waals surface area contributed by atoms with E-state index in [1.807, 2.05) is 25.5 Å². The van der Waals surface area contributed by atoms with Crippen LogP contribution in [-0.4, -0.2) is 17.0 Å². The van der Waals surface area contributed by atoms with Gasteiger partial charge in [-0.25, -0.2) is 4.98 Å². The molecule has 0 aliphatic heterocycles. The van der Waals surface area contributed by atoms with E-state index in [4.69, 9.17) is 0 Å². The van der Waals surface area contributed by atoms with Gasteiger partial charge in [-0.05, 0) is 29.1 Å². The lowest BCUT2D eigenvalue weighted by Crippen LogP contribution is -1.91. The van der Waals surface area contributed by atoms with Crippen LogP contribution < -0.4 is 5.32 Å². The Bertz CT molecular complexity index is 678. The Morgan fingerprint density at radius 2 is 1.89 bits per heavy atom. The first kappa shape index (κ1) is 10.7. The van der Waals surface area contributed by atoms with E-state index in [1.54, 1.807) is 6.20 Å². The number of aromatic nitrogens is 2. The van der Waals surface area contributed by atoms with Crippen LogP contribution in [0.5, 0.6) is 0 Å². The molecule has 18 heavy (non-hydrogen) atoms. The van der Waals surface area contributed by atoms with E-state index in [2.05, 4.69) is 45.6 Å². The molecule has 0 radical (unpaired) electrons. The molecule has 1 aromatic carbocycles. The second-order valence-corrected chi connectivity index (χ2v) is 4.12. The Hall–Kier alpha value is -2.42. The molecule has 3 aromatic rings. The standard InChI is InChI=1S/C15H13N3/c1-16-15-8-14-7-11(4-5-13(14)10-18-15)12-3-2-6-17-9-12/h2-10H,1H3,(H,16,18). The number of fused-ring (bicyclic) bond motifs is 1. The summed E-state index contributed by atoms with van der Waals surface area (Å²) in [5.41, 5.74) is 2.30. The molecule has 3 heteroatoms. The molecule has 0 amide bonds. The van der Waals surface area contributed by atoms with Crippen LogP contribution in [0.15, 0.2) is 55.0 Å². The van der Waals surface area contributed by atoms with Crippen LogP contribution in [0, 0.1) is 0 Å². The van der Waals surface area contributed by atoms with E-state index in [0.29, 0.717) is 0 Å². The predicted molar refractivity (Wildman–Crippen MR) is 74.5 cm³/mol. The van der Waals surface area contributed by atoms with Gasteiger partial charge in [0.05, 0.1) is 0 Å². The number of rotatable bonds is 2. The number of pyridine rings is 2. The van der Waals surface area contributed by atoms with Gasteiger partial charge in [-0.15, -0.1) is 0 Å². The fourth-order valence-electron chi connectivity index (χ4n) is 1.99. The lowest BCUT2D eigenvalue weighted by molar-refractivity contribution is 1.31. The Morgan fingerprint density at radius 3 is 2.67 bits per heavy atom. The van der Waals surface area contributed by atoms with Gasteiger partial charge in [-0.1, -0.05) is 18.2 Å². The zero-order valence-corrected chi connectivity index (χ0v) is 10.1. The monoisotopic (exact) mass is 235 g/mol. The summed E-state index contributed by atoms with van der Waals surface area (Å²) >= 11 is 0.